The molecular formula is C18H20N4O2S. The summed E-state index contributed by atoms with van der Waals surface area (Å²) < 4.78 is 8.54. The molecule has 130 valence electrons. The summed E-state index contributed by atoms with van der Waals surface area (Å²) in [7, 11) is 1.84. The van der Waals surface area contributed by atoms with Gasteiger partial charge >= 0.3 is 0 Å². The molecule has 1 saturated heterocycles. The lowest BCUT2D eigenvalue weighted by Crippen LogP contribution is -2.37. The van der Waals surface area contributed by atoms with Crippen molar-refractivity contribution < 1.29 is 9.53 Å². The number of amides is 1. The second-order valence-electron chi connectivity index (χ2n) is 6.31. The number of fused-ring (bicyclic) bond motifs is 1. The van der Waals surface area contributed by atoms with Crippen LogP contribution < -0.4 is 4.90 Å². The number of hydrogen-bond acceptors (Lipinski definition) is 5. The molecule has 1 amide bonds. The molecule has 1 aromatic carbocycles. The lowest BCUT2D eigenvalue weighted by Gasteiger charge is -2.22. The quantitative estimate of drug-likeness (QED) is 0.720. The van der Waals surface area contributed by atoms with Crippen LogP contribution >= 0.6 is 11.3 Å². The predicted octanol–water partition coefficient (Wildman–Crippen LogP) is 3.16. The smallest absolute Gasteiger partial charge is 0.280 e. The average Bonchev–Trinajstić information content (AvgIpc) is 3.32. The third-order valence-corrected chi connectivity index (χ3v) is 5.56. The van der Waals surface area contributed by atoms with Gasteiger partial charge in [-0.1, -0.05) is 23.5 Å². The minimum atomic E-state index is -0.127. The minimum absolute atomic E-state index is 0.0563. The maximum atomic E-state index is 13.1. The van der Waals surface area contributed by atoms with Gasteiger partial charge in [0.05, 0.1) is 22.9 Å². The number of hydrogen-bond donors (Lipinski definition) is 0. The van der Waals surface area contributed by atoms with Crippen molar-refractivity contribution in [3.05, 3.63) is 41.7 Å². The first-order valence-electron chi connectivity index (χ1n) is 8.41. The Hall–Kier alpha value is -2.25. The first-order valence-corrected chi connectivity index (χ1v) is 9.23. The van der Waals surface area contributed by atoms with Gasteiger partial charge in [0.25, 0.3) is 5.91 Å². The van der Waals surface area contributed by atoms with Gasteiger partial charge in [-0.15, -0.1) is 0 Å². The normalized spacial score (nSPS) is 17.3. The molecule has 6 nitrogen and oxygen atoms in total. The molecule has 1 aliphatic rings. The number of carbonyl (C=O) groups excluding carboxylic acids is 1. The minimum Gasteiger partial charge on any atom is -0.376 e. The van der Waals surface area contributed by atoms with Crippen molar-refractivity contribution in [1.82, 2.24) is 14.8 Å². The second kappa shape index (κ2) is 6.57. The van der Waals surface area contributed by atoms with Crippen LogP contribution in [0.5, 0.6) is 0 Å². The molecule has 0 radical (unpaired) electrons. The van der Waals surface area contributed by atoms with Crippen molar-refractivity contribution >= 4 is 32.6 Å². The van der Waals surface area contributed by atoms with Crippen LogP contribution in [0, 0.1) is 6.92 Å². The molecule has 1 atom stereocenters. The molecule has 1 fully saturated rings. The van der Waals surface area contributed by atoms with Crippen LogP contribution in [-0.2, 0) is 11.8 Å². The summed E-state index contributed by atoms with van der Waals surface area (Å²) in [6, 6.07) is 9.75. The standard InChI is InChI=1S/C18H20N4O2S/c1-12-10-15(20-21(12)2)17(23)22(11-13-6-5-9-24-13)18-19-14-7-3-4-8-16(14)25-18/h3-4,7-8,10,13H,5-6,9,11H2,1-2H3/t13-/m1/s1. The van der Waals surface area contributed by atoms with Gasteiger partial charge in [-0.3, -0.25) is 14.4 Å². The number of aryl methyl sites for hydroxylation is 2. The molecule has 3 aromatic rings. The van der Waals surface area contributed by atoms with E-state index in [1.54, 1.807) is 9.58 Å². The first-order chi connectivity index (χ1) is 12.1. The number of ether oxygens (including phenoxy) is 1. The Morgan fingerprint density at radius 1 is 1.44 bits per heavy atom. The molecular weight excluding hydrogens is 336 g/mol. The van der Waals surface area contributed by atoms with E-state index in [4.69, 9.17) is 4.74 Å². The number of rotatable bonds is 4. The van der Waals surface area contributed by atoms with E-state index in [1.807, 2.05) is 44.3 Å². The Labute approximate surface area is 150 Å². The first kappa shape index (κ1) is 16.2. The van der Waals surface area contributed by atoms with Gasteiger partial charge in [0, 0.05) is 19.3 Å². The van der Waals surface area contributed by atoms with Crippen molar-refractivity contribution in [2.45, 2.75) is 25.9 Å². The lowest BCUT2D eigenvalue weighted by molar-refractivity contribution is 0.0913. The molecule has 4 rings (SSSR count). The van der Waals surface area contributed by atoms with E-state index >= 15 is 0 Å². The molecule has 0 N–H and O–H groups in total. The van der Waals surface area contributed by atoms with Crippen LogP contribution in [0.15, 0.2) is 30.3 Å². The predicted molar refractivity (Wildman–Crippen MR) is 98.2 cm³/mol. The molecule has 1 aliphatic heterocycles. The number of anilines is 1. The summed E-state index contributed by atoms with van der Waals surface area (Å²) in [4.78, 5) is 19.5. The molecule has 0 saturated carbocycles. The van der Waals surface area contributed by atoms with Crippen molar-refractivity contribution in [1.29, 1.82) is 0 Å². The highest BCUT2D eigenvalue weighted by atomic mass is 32.1. The fraction of sp³-hybridized carbons (Fsp3) is 0.389. The molecule has 0 unspecified atom stereocenters. The Morgan fingerprint density at radius 2 is 2.28 bits per heavy atom. The van der Waals surface area contributed by atoms with Gasteiger partial charge in [0.2, 0.25) is 0 Å². The van der Waals surface area contributed by atoms with Crippen LogP contribution in [-0.4, -0.2) is 39.9 Å². The summed E-state index contributed by atoms with van der Waals surface area (Å²) in [6.45, 7) is 3.20. The van der Waals surface area contributed by atoms with Crippen LogP contribution in [0.4, 0.5) is 5.13 Å². The highest BCUT2D eigenvalue weighted by molar-refractivity contribution is 7.22. The number of para-hydroxylation sites is 1. The van der Waals surface area contributed by atoms with Gasteiger partial charge in [-0.25, -0.2) is 4.98 Å². The topological polar surface area (TPSA) is 60.3 Å². The van der Waals surface area contributed by atoms with Crippen molar-refractivity contribution in [2.75, 3.05) is 18.1 Å². The summed E-state index contributed by atoms with van der Waals surface area (Å²) in [5.74, 6) is -0.127. The van der Waals surface area contributed by atoms with E-state index in [2.05, 4.69) is 10.1 Å². The van der Waals surface area contributed by atoms with Gasteiger partial charge in [0.1, 0.15) is 0 Å². The Balaban J connectivity index is 1.70. The van der Waals surface area contributed by atoms with Gasteiger partial charge < -0.3 is 4.74 Å². The zero-order chi connectivity index (χ0) is 17.4. The number of nitrogens with zero attached hydrogens (tertiary/aromatic N) is 4. The number of carbonyl (C=O) groups is 1. The molecule has 7 heteroatoms. The van der Waals surface area contributed by atoms with E-state index in [0.717, 1.165) is 35.4 Å². The fourth-order valence-electron chi connectivity index (χ4n) is 3.02. The number of aromatic nitrogens is 3. The monoisotopic (exact) mass is 356 g/mol. The van der Waals surface area contributed by atoms with Crippen molar-refractivity contribution in [3.63, 3.8) is 0 Å². The highest BCUT2D eigenvalue weighted by Gasteiger charge is 2.28. The van der Waals surface area contributed by atoms with E-state index < -0.39 is 0 Å². The van der Waals surface area contributed by atoms with Crippen molar-refractivity contribution in [2.24, 2.45) is 7.05 Å². The number of benzene rings is 1. The molecule has 0 bridgehead atoms. The van der Waals surface area contributed by atoms with E-state index in [1.165, 1.54) is 11.3 Å². The third kappa shape index (κ3) is 3.17. The zero-order valence-corrected chi connectivity index (χ0v) is 15.1. The van der Waals surface area contributed by atoms with Crippen LogP contribution in [0.1, 0.15) is 29.0 Å². The van der Waals surface area contributed by atoms with Crippen LogP contribution in [0.25, 0.3) is 10.2 Å². The summed E-state index contributed by atoms with van der Waals surface area (Å²) in [6.07, 6.45) is 2.06. The maximum absolute atomic E-state index is 13.1. The summed E-state index contributed by atoms with van der Waals surface area (Å²) >= 11 is 1.53. The van der Waals surface area contributed by atoms with Crippen molar-refractivity contribution in [3.8, 4) is 0 Å². The fourth-order valence-corrected chi connectivity index (χ4v) is 3.99. The molecule has 25 heavy (non-hydrogen) atoms. The van der Waals surface area contributed by atoms with Gasteiger partial charge in [0.15, 0.2) is 10.8 Å². The molecule has 0 spiro atoms. The molecule has 3 heterocycles. The second-order valence-corrected chi connectivity index (χ2v) is 7.32. The van der Waals surface area contributed by atoms with E-state index in [9.17, 15) is 4.79 Å². The SMILES string of the molecule is Cc1cc(C(=O)N(C[C@H]2CCCO2)c2nc3ccccc3s2)nn1C. The van der Waals surface area contributed by atoms with Gasteiger partial charge in [-0.05, 0) is 38.0 Å². The Kier molecular flexibility index (Phi) is 4.27. The van der Waals surface area contributed by atoms with Crippen LogP contribution in [0.3, 0.4) is 0 Å². The largest absolute Gasteiger partial charge is 0.376 e. The lowest BCUT2D eigenvalue weighted by atomic mass is 10.2. The maximum Gasteiger partial charge on any atom is 0.280 e. The zero-order valence-electron chi connectivity index (χ0n) is 14.3. The van der Waals surface area contributed by atoms with Crippen LogP contribution in [0.2, 0.25) is 0 Å². The summed E-state index contributed by atoms with van der Waals surface area (Å²) in [5, 5.41) is 5.05. The molecule has 2 aromatic heterocycles. The van der Waals surface area contributed by atoms with Gasteiger partial charge in [-0.2, -0.15) is 5.10 Å². The average molecular weight is 356 g/mol. The number of thiazole rings is 1. The van der Waals surface area contributed by atoms with E-state index in [0.29, 0.717) is 17.4 Å². The Morgan fingerprint density at radius 3 is 2.96 bits per heavy atom. The highest BCUT2D eigenvalue weighted by Crippen LogP contribution is 2.30. The van der Waals surface area contributed by atoms with E-state index in [-0.39, 0.29) is 12.0 Å². The molecule has 0 aliphatic carbocycles. The summed E-state index contributed by atoms with van der Waals surface area (Å²) in [5.41, 5.74) is 2.30. The third-order valence-electron chi connectivity index (χ3n) is 4.50. The Bertz CT molecular complexity index is 858.